The number of hydrogen-bond acceptors (Lipinski definition) is 5. The number of ketones is 1. The maximum atomic E-state index is 12.7. The van der Waals surface area contributed by atoms with Crippen LogP contribution >= 0.6 is 0 Å². The van der Waals surface area contributed by atoms with Crippen molar-refractivity contribution in [3.63, 3.8) is 0 Å². The summed E-state index contributed by atoms with van der Waals surface area (Å²) in [5, 5.41) is 2.78. The van der Waals surface area contributed by atoms with Crippen LogP contribution in [0.1, 0.15) is 53.4 Å². The molecule has 3 amide bonds. The van der Waals surface area contributed by atoms with Crippen LogP contribution in [0.25, 0.3) is 0 Å². The average Bonchev–Trinajstić information content (AvgIpc) is 2.72. The minimum Gasteiger partial charge on any atom is -0.456 e. The highest BCUT2D eigenvalue weighted by Gasteiger charge is 2.55. The average molecular weight is 338 g/mol. The fraction of sp³-hybridized carbons (Fsp3) is 0.765. The standard InChI is InChI=1S/C17H26N2O5/c1-11-7-5-6-8-17(11)14(22)19(15(23)18-17)9-13(21)24-10-12(20)16(2,3)4/h11H,5-10H2,1-4H3,(H,18,23)/t11-,17-/m0/s1. The number of esters is 1. The number of nitrogens with zero attached hydrogens (tertiary/aromatic N) is 1. The van der Waals surface area contributed by atoms with E-state index in [-0.39, 0.29) is 24.2 Å². The van der Waals surface area contributed by atoms with Crippen LogP contribution in [0.3, 0.4) is 0 Å². The van der Waals surface area contributed by atoms with Crippen molar-refractivity contribution in [2.24, 2.45) is 11.3 Å². The normalized spacial score (nSPS) is 27.3. The first-order valence-corrected chi connectivity index (χ1v) is 8.41. The number of rotatable bonds is 4. The van der Waals surface area contributed by atoms with Crippen LogP contribution in [0.4, 0.5) is 4.79 Å². The molecule has 134 valence electrons. The van der Waals surface area contributed by atoms with Gasteiger partial charge in [-0.15, -0.1) is 0 Å². The predicted octanol–water partition coefficient (Wildman–Crippen LogP) is 1.65. The van der Waals surface area contributed by atoms with Crippen LogP contribution in [-0.2, 0) is 19.1 Å². The molecule has 0 bridgehead atoms. The van der Waals surface area contributed by atoms with Gasteiger partial charge in [0, 0.05) is 5.41 Å². The molecule has 1 saturated carbocycles. The quantitative estimate of drug-likeness (QED) is 0.621. The number of amides is 3. The summed E-state index contributed by atoms with van der Waals surface area (Å²) < 4.78 is 4.93. The van der Waals surface area contributed by atoms with Gasteiger partial charge in [-0.05, 0) is 18.8 Å². The molecule has 1 heterocycles. The molecule has 0 aromatic rings. The van der Waals surface area contributed by atoms with Gasteiger partial charge in [0.1, 0.15) is 12.1 Å². The second-order valence-corrected chi connectivity index (χ2v) is 7.77. The Labute approximate surface area is 142 Å². The third kappa shape index (κ3) is 3.44. The Balaban J connectivity index is 1.97. The summed E-state index contributed by atoms with van der Waals surface area (Å²) in [6.07, 6.45) is 3.36. The molecule has 0 aromatic carbocycles. The van der Waals surface area contributed by atoms with Crippen LogP contribution < -0.4 is 5.32 Å². The molecule has 0 unspecified atom stereocenters. The summed E-state index contributed by atoms with van der Waals surface area (Å²) in [5.41, 5.74) is -1.50. The van der Waals surface area contributed by atoms with E-state index in [2.05, 4.69) is 5.32 Å². The zero-order valence-corrected chi connectivity index (χ0v) is 14.8. The monoisotopic (exact) mass is 338 g/mol. The largest absolute Gasteiger partial charge is 0.456 e. The van der Waals surface area contributed by atoms with E-state index >= 15 is 0 Å². The molecular formula is C17H26N2O5. The fourth-order valence-electron chi connectivity index (χ4n) is 3.18. The lowest BCUT2D eigenvalue weighted by Crippen LogP contribution is -2.54. The Kier molecular flexibility index (Phi) is 5.01. The van der Waals surface area contributed by atoms with E-state index in [1.54, 1.807) is 20.8 Å². The third-order valence-electron chi connectivity index (χ3n) is 4.99. The number of nitrogens with one attached hydrogen (secondary N) is 1. The van der Waals surface area contributed by atoms with Gasteiger partial charge in [-0.25, -0.2) is 4.79 Å². The molecule has 24 heavy (non-hydrogen) atoms. The van der Waals surface area contributed by atoms with Crippen molar-refractivity contribution in [2.75, 3.05) is 13.2 Å². The molecule has 2 atom stereocenters. The van der Waals surface area contributed by atoms with Crippen LogP contribution in [-0.4, -0.2) is 47.3 Å². The zero-order chi connectivity index (χ0) is 18.1. The molecule has 2 aliphatic rings. The van der Waals surface area contributed by atoms with Gasteiger partial charge in [-0.2, -0.15) is 0 Å². The first-order chi connectivity index (χ1) is 11.1. The summed E-state index contributed by atoms with van der Waals surface area (Å²) >= 11 is 0. The molecule has 1 aliphatic carbocycles. The molecule has 1 N–H and O–H groups in total. The van der Waals surface area contributed by atoms with Crippen LogP contribution in [0.15, 0.2) is 0 Å². The fourth-order valence-corrected chi connectivity index (χ4v) is 3.18. The minimum atomic E-state index is -0.892. The van der Waals surface area contributed by atoms with E-state index < -0.39 is 29.5 Å². The van der Waals surface area contributed by atoms with Gasteiger partial charge in [0.2, 0.25) is 0 Å². The zero-order valence-electron chi connectivity index (χ0n) is 14.8. The number of carbonyl (C=O) groups excluding carboxylic acids is 4. The van der Waals surface area contributed by atoms with Crippen LogP contribution in [0.2, 0.25) is 0 Å². The summed E-state index contributed by atoms with van der Waals surface area (Å²) in [4.78, 5) is 49.5. The molecule has 7 heteroatoms. The molecular weight excluding hydrogens is 312 g/mol. The van der Waals surface area contributed by atoms with E-state index in [0.29, 0.717) is 6.42 Å². The van der Waals surface area contributed by atoms with Gasteiger partial charge in [0.15, 0.2) is 12.4 Å². The lowest BCUT2D eigenvalue weighted by molar-refractivity contribution is -0.152. The van der Waals surface area contributed by atoms with Gasteiger partial charge < -0.3 is 10.1 Å². The maximum Gasteiger partial charge on any atom is 0.326 e. The first-order valence-electron chi connectivity index (χ1n) is 8.41. The third-order valence-corrected chi connectivity index (χ3v) is 4.99. The highest BCUT2D eigenvalue weighted by molar-refractivity contribution is 6.09. The topological polar surface area (TPSA) is 92.8 Å². The number of carbonyl (C=O) groups is 4. The van der Waals surface area contributed by atoms with Gasteiger partial charge in [0.05, 0.1) is 0 Å². The Morgan fingerprint density at radius 3 is 2.54 bits per heavy atom. The second-order valence-electron chi connectivity index (χ2n) is 7.77. The molecule has 2 rings (SSSR count). The number of hydrogen-bond donors (Lipinski definition) is 1. The van der Waals surface area contributed by atoms with E-state index in [1.807, 2.05) is 6.92 Å². The van der Waals surface area contributed by atoms with Gasteiger partial charge >= 0.3 is 12.0 Å². The van der Waals surface area contributed by atoms with Crippen molar-refractivity contribution < 1.29 is 23.9 Å². The van der Waals surface area contributed by atoms with Crippen molar-refractivity contribution >= 4 is 23.7 Å². The molecule has 0 radical (unpaired) electrons. The summed E-state index contributed by atoms with van der Waals surface area (Å²) in [6.45, 7) is 6.32. The van der Waals surface area contributed by atoms with Crippen molar-refractivity contribution in [3.05, 3.63) is 0 Å². The van der Waals surface area contributed by atoms with Gasteiger partial charge in [0.25, 0.3) is 5.91 Å². The Morgan fingerprint density at radius 2 is 1.96 bits per heavy atom. The summed E-state index contributed by atoms with van der Waals surface area (Å²) in [6, 6.07) is -0.562. The van der Waals surface area contributed by atoms with E-state index in [9.17, 15) is 19.2 Å². The molecule has 7 nitrogen and oxygen atoms in total. The maximum absolute atomic E-state index is 12.7. The number of urea groups is 1. The Morgan fingerprint density at radius 1 is 1.29 bits per heavy atom. The van der Waals surface area contributed by atoms with Gasteiger partial charge in [-0.1, -0.05) is 40.5 Å². The Bertz CT molecular complexity index is 566. The van der Waals surface area contributed by atoms with E-state index in [4.69, 9.17) is 4.74 Å². The van der Waals surface area contributed by atoms with Crippen LogP contribution in [0, 0.1) is 11.3 Å². The van der Waals surface area contributed by atoms with Gasteiger partial charge in [-0.3, -0.25) is 19.3 Å². The predicted molar refractivity (Wildman–Crippen MR) is 86.0 cm³/mol. The highest BCUT2D eigenvalue weighted by atomic mass is 16.5. The number of ether oxygens (including phenoxy) is 1. The molecule has 1 aliphatic heterocycles. The highest BCUT2D eigenvalue weighted by Crippen LogP contribution is 2.38. The molecule has 1 saturated heterocycles. The number of imide groups is 1. The van der Waals surface area contributed by atoms with Crippen molar-refractivity contribution in [1.29, 1.82) is 0 Å². The molecule has 0 aromatic heterocycles. The SMILES string of the molecule is C[C@H]1CCCC[C@]12NC(=O)N(CC(=O)OCC(=O)C(C)(C)C)C2=O. The smallest absolute Gasteiger partial charge is 0.326 e. The lowest BCUT2D eigenvalue weighted by atomic mass is 9.73. The van der Waals surface area contributed by atoms with Crippen molar-refractivity contribution in [1.82, 2.24) is 10.2 Å². The minimum absolute atomic E-state index is 0.0335. The summed E-state index contributed by atoms with van der Waals surface area (Å²) in [5.74, 6) is -1.30. The van der Waals surface area contributed by atoms with Crippen molar-refractivity contribution in [2.45, 2.75) is 58.9 Å². The summed E-state index contributed by atoms with van der Waals surface area (Å²) in [7, 11) is 0. The van der Waals surface area contributed by atoms with E-state index in [0.717, 1.165) is 24.2 Å². The van der Waals surface area contributed by atoms with E-state index in [1.165, 1.54) is 0 Å². The first kappa shape index (κ1) is 18.4. The second kappa shape index (κ2) is 6.53. The van der Waals surface area contributed by atoms with Crippen LogP contribution in [0.5, 0.6) is 0 Å². The van der Waals surface area contributed by atoms with Crippen molar-refractivity contribution in [3.8, 4) is 0 Å². The Hall–Kier alpha value is -1.92. The lowest BCUT2D eigenvalue weighted by Gasteiger charge is -2.36. The number of Topliss-reactive ketones (excluding diaryl/α,β-unsaturated/α-hetero) is 1. The molecule has 1 spiro atoms. The molecule has 2 fully saturated rings.